The second-order valence-corrected chi connectivity index (χ2v) is 5.21. The Hall–Kier alpha value is -2.09. The Morgan fingerprint density at radius 3 is 2.55 bits per heavy atom. The van der Waals surface area contributed by atoms with E-state index >= 15 is 0 Å². The van der Waals surface area contributed by atoms with Gasteiger partial charge in [0.25, 0.3) is 5.56 Å². The summed E-state index contributed by atoms with van der Waals surface area (Å²) in [7, 11) is 0. The minimum atomic E-state index is -0.405. The number of nitrogens with one attached hydrogen (secondary N) is 1. The van der Waals surface area contributed by atoms with Crippen LogP contribution in [0.15, 0.2) is 16.9 Å². The van der Waals surface area contributed by atoms with Gasteiger partial charge in [-0.15, -0.1) is 0 Å². The highest BCUT2D eigenvalue weighted by atomic mass is 16.2. The molecular formula is C15H21N3O2. The topological polar surface area (TPSA) is 74.9 Å². The van der Waals surface area contributed by atoms with E-state index in [1.54, 1.807) is 6.07 Å². The Balaban J connectivity index is 3.12. The normalized spacial score (nSPS) is 12.0. The van der Waals surface area contributed by atoms with Gasteiger partial charge in [0.15, 0.2) is 0 Å². The Kier molecular flexibility index (Phi) is 5.51. The third-order valence-electron chi connectivity index (χ3n) is 3.24. The highest BCUT2D eigenvalue weighted by Crippen LogP contribution is 2.12. The summed E-state index contributed by atoms with van der Waals surface area (Å²) in [5.74, 6) is -0.106. The molecule has 108 valence electrons. The van der Waals surface area contributed by atoms with Crippen molar-refractivity contribution >= 4 is 5.91 Å². The molecule has 1 aromatic heterocycles. The number of nitriles is 1. The van der Waals surface area contributed by atoms with Gasteiger partial charge in [0.05, 0.1) is 0 Å². The van der Waals surface area contributed by atoms with Crippen LogP contribution in [0.25, 0.3) is 0 Å². The average molecular weight is 275 g/mol. The van der Waals surface area contributed by atoms with Gasteiger partial charge in [0, 0.05) is 11.7 Å². The van der Waals surface area contributed by atoms with Crippen LogP contribution in [-0.2, 0) is 11.3 Å². The molecule has 1 rings (SSSR count). The summed E-state index contributed by atoms with van der Waals surface area (Å²) in [4.78, 5) is 24.1. The number of nitrogens with zero attached hydrogens (tertiary/aromatic N) is 2. The third kappa shape index (κ3) is 3.70. The molecule has 1 amide bonds. The summed E-state index contributed by atoms with van der Waals surface area (Å²) >= 11 is 0. The molecule has 0 saturated carbocycles. The molecule has 1 heterocycles. The van der Waals surface area contributed by atoms with E-state index in [2.05, 4.69) is 5.32 Å². The zero-order valence-electron chi connectivity index (χ0n) is 12.4. The fourth-order valence-electron chi connectivity index (χ4n) is 1.91. The molecule has 0 radical (unpaired) electrons. The fraction of sp³-hybridized carbons (Fsp3) is 0.533. The SMILES string of the molecule is CCC(C)NC(=O)Cn1c(C(C)C)ccc(C#N)c1=O. The smallest absolute Gasteiger partial charge is 0.269 e. The molecule has 5 nitrogen and oxygen atoms in total. The van der Waals surface area contributed by atoms with E-state index in [4.69, 9.17) is 5.26 Å². The molecule has 0 spiro atoms. The van der Waals surface area contributed by atoms with Crippen molar-refractivity contribution in [3.63, 3.8) is 0 Å². The maximum atomic E-state index is 12.2. The van der Waals surface area contributed by atoms with Crippen molar-refractivity contribution < 1.29 is 4.79 Å². The Bertz CT molecular complexity index is 582. The van der Waals surface area contributed by atoms with Gasteiger partial charge >= 0.3 is 0 Å². The molecule has 0 aliphatic carbocycles. The van der Waals surface area contributed by atoms with Crippen LogP contribution in [0, 0.1) is 11.3 Å². The third-order valence-corrected chi connectivity index (χ3v) is 3.24. The van der Waals surface area contributed by atoms with Crippen molar-refractivity contribution in [1.82, 2.24) is 9.88 Å². The van der Waals surface area contributed by atoms with Crippen LogP contribution in [-0.4, -0.2) is 16.5 Å². The number of pyridine rings is 1. The fourth-order valence-corrected chi connectivity index (χ4v) is 1.91. The van der Waals surface area contributed by atoms with Crippen LogP contribution in [0.4, 0.5) is 0 Å². The molecule has 0 fully saturated rings. The number of rotatable bonds is 5. The number of amides is 1. The van der Waals surface area contributed by atoms with Crippen LogP contribution in [0.3, 0.4) is 0 Å². The van der Waals surface area contributed by atoms with E-state index in [0.29, 0.717) is 0 Å². The molecule has 1 aromatic rings. The van der Waals surface area contributed by atoms with Gasteiger partial charge in [-0.05, 0) is 31.4 Å². The van der Waals surface area contributed by atoms with Crippen molar-refractivity contribution in [2.24, 2.45) is 0 Å². The Morgan fingerprint density at radius 1 is 1.40 bits per heavy atom. The number of hydrogen-bond donors (Lipinski definition) is 1. The van der Waals surface area contributed by atoms with Crippen LogP contribution >= 0.6 is 0 Å². The standard InChI is InChI=1S/C15H21N3O2/c1-5-11(4)17-14(19)9-18-13(10(2)3)7-6-12(8-16)15(18)20/h6-7,10-11H,5,9H2,1-4H3,(H,17,19). The van der Waals surface area contributed by atoms with E-state index in [-0.39, 0.29) is 30.0 Å². The minimum Gasteiger partial charge on any atom is -0.352 e. The first-order valence-corrected chi connectivity index (χ1v) is 6.83. The Labute approximate surface area is 119 Å². The van der Waals surface area contributed by atoms with E-state index in [1.165, 1.54) is 10.6 Å². The number of carbonyl (C=O) groups excluding carboxylic acids is 1. The Morgan fingerprint density at radius 2 is 2.05 bits per heavy atom. The summed E-state index contributed by atoms with van der Waals surface area (Å²) in [5.41, 5.74) is 0.414. The molecule has 1 unspecified atom stereocenters. The molecule has 1 N–H and O–H groups in total. The second-order valence-electron chi connectivity index (χ2n) is 5.21. The van der Waals surface area contributed by atoms with Gasteiger partial charge < -0.3 is 9.88 Å². The van der Waals surface area contributed by atoms with Crippen LogP contribution < -0.4 is 10.9 Å². The van der Waals surface area contributed by atoms with E-state index < -0.39 is 5.56 Å². The lowest BCUT2D eigenvalue weighted by molar-refractivity contribution is -0.122. The lowest BCUT2D eigenvalue weighted by Crippen LogP contribution is -2.38. The van der Waals surface area contributed by atoms with Crippen molar-refractivity contribution in [2.75, 3.05) is 0 Å². The highest BCUT2D eigenvalue weighted by Gasteiger charge is 2.15. The molecular weight excluding hydrogens is 254 g/mol. The van der Waals surface area contributed by atoms with Gasteiger partial charge in [0.1, 0.15) is 18.2 Å². The van der Waals surface area contributed by atoms with Gasteiger partial charge in [0.2, 0.25) is 5.91 Å². The monoisotopic (exact) mass is 275 g/mol. The zero-order chi connectivity index (χ0) is 15.3. The van der Waals surface area contributed by atoms with Crippen molar-refractivity contribution in [3.05, 3.63) is 33.7 Å². The molecule has 5 heteroatoms. The zero-order valence-corrected chi connectivity index (χ0v) is 12.4. The summed E-state index contributed by atoms with van der Waals surface area (Å²) in [6, 6.07) is 5.18. The predicted octanol–water partition coefficient (Wildman–Crippen LogP) is 1.76. The van der Waals surface area contributed by atoms with E-state index in [0.717, 1.165) is 12.1 Å². The summed E-state index contributed by atoms with van der Waals surface area (Å²) in [5, 5.41) is 11.8. The number of carbonyl (C=O) groups is 1. The molecule has 20 heavy (non-hydrogen) atoms. The van der Waals surface area contributed by atoms with Crippen LogP contribution in [0.2, 0.25) is 0 Å². The van der Waals surface area contributed by atoms with Crippen molar-refractivity contribution in [2.45, 2.75) is 52.6 Å². The molecule has 0 bridgehead atoms. The minimum absolute atomic E-state index is 0.0494. The maximum Gasteiger partial charge on any atom is 0.269 e. The first-order valence-electron chi connectivity index (χ1n) is 6.83. The average Bonchev–Trinajstić information content (AvgIpc) is 2.40. The largest absolute Gasteiger partial charge is 0.352 e. The molecule has 0 aliphatic rings. The van der Waals surface area contributed by atoms with Gasteiger partial charge in [-0.25, -0.2) is 0 Å². The maximum absolute atomic E-state index is 12.2. The molecule has 0 saturated heterocycles. The lowest BCUT2D eigenvalue weighted by atomic mass is 10.1. The molecule has 0 aromatic carbocycles. The van der Waals surface area contributed by atoms with Crippen molar-refractivity contribution in [1.29, 1.82) is 5.26 Å². The molecule has 1 atom stereocenters. The van der Waals surface area contributed by atoms with Gasteiger partial charge in [-0.3, -0.25) is 9.59 Å². The number of hydrogen-bond acceptors (Lipinski definition) is 3. The summed E-state index contributed by atoms with van der Waals surface area (Å²) in [6.45, 7) is 7.74. The van der Waals surface area contributed by atoms with Gasteiger partial charge in [-0.2, -0.15) is 5.26 Å². The van der Waals surface area contributed by atoms with E-state index in [9.17, 15) is 9.59 Å². The van der Waals surface area contributed by atoms with Crippen LogP contribution in [0.5, 0.6) is 0 Å². The summed E-state index contributed by atoms with van der Waals surface area (Å²) in [6.07, 6.45) is 0.829. The second kappa shape index (κ2) is 6.90. The van der Waals surface area contributed by atoms with E-state index in [1.807, 2.05) is 33.8 Å². The quantitative estimate of drug-likeness (QED) is 0.889. The predicted molar refractivity (Wildman–Crippen MR) is 77.4 cm³/mol. The number of aromatic nitrogens is 1. The lowest BCUT2D eigenvalue weighted by Gasteiger charge is -2.17. The summed E-state index contributed by atoms with van der Waals surface area (Å²) < 4.78 is 1.39. The van der Waals surface area contributed by atoms with Gasteiger partial charge in [-0.1, -0.05) is 20.8 Å². The first kappa shape index (κ1) is 16.0. The first-order chi connectivity index (χ1) is 9.40. The molecule has 0 aliphatic heterocycles. The van der Waals surface area contributed by atoms with Crippen molar-refractivity contribution in [3.8, 4) is 6.07 Å². The highest BCUT2D eigenvalue weighted by molar-refractivity contribution is 5.76. The van der Waals surface area contributed by atoms with Crippen LogP contribution in [0.1, 0.15) is 51.3 Å².